The molecule has 88 valence electrons. The van der Waals surface area contributed by atoms with Crippen LogP contribution in [0.15, 0.2) is 0 Å². The Morgan fingerprint density at radius 3 is 2.73 bits per heavy atom. The molecule has 3 nitrogen and oxygen atoms in total. The molecule has 15 heavy (non-hydrogen) atoms. The summed E-state index contributed by atoms with van der Waals surface area (Å²) in [4.78, 5) is 11.7. The topological polar surface area (TPSA) is 52.3 Å². The zero-order valence-corrected chi connectivity index (χ0v) is 10.0. The van der Waals surface area contributed by atoms with Crippen molar-refractivity contribution in [3.05, 3.63) is 0 Å². The Morgan fingerprint density at radius 1 is 1.53 bits per heavy atom. The van der Waals surface area contributed by atoms with E-state index in [1.807, 2.05) is 0 Å². The summed E-state index contributed by atoms with van der Waals surface area (Å²) in [5.41, 5.74) is 5.97. The minimum atomic E-state index is -0.121. The molecule has 0 heterocycles. The highest BCUT2D eigenvalue weighted by atomic mass is 16.5. The summed E-state index contributed by atoms with van der Waals surface area (Å²) in [5.74, 6) is 1.65. The molecule has 1 fully saturated rings. The number of hydrogen-bond acceptors (Lipinski definition) is 3. The molecule has 3 heteroatoms. The highest BCUT2D eigenvalue weighted by Crippen LogP contribution is 2.32. The maximum absolute atomic E-state index is 11.7. The van der Waals surface area contributed by atoms with Crippen LogP contribution < -0.4 is 5.73 Å². The predicted molar refractivity (Wildman–Crippen MR) is 60.5 cm³/mol. The van der Waals surface area contributed by atoms with Gasteiger partial charge < -0.3 is 10.5 Å². The van der Waals surface area contributed by atoms with E-state index in [0.29, 0.717) is 30.6 Å². The Labute approximate surface area is 92.4 Å². The molecule has 1 rings (SSSR count). The molecular formula is C12H23NO2. The average Bonchev–Trinajstić information content (AvgIpc) is 2.18. The number of hydrogen-bond donors (Lipinski definition) is 1. The lowest BCUT2D eigenvalue weighted by atomic mass is 9.73. The van der Waals surface area contributed by atoms with E-state index in [4.69, 9.17) is 10.5 Å². The Morgan fingerprint density at radius 2 is 2.20 bits per heavy atom. The van der Waals surface area contributed by atoms with Crippen LogP contribution in [0.25, 0.3) is 0 Å². The van der Waals surface area contributed by atoms with Gasteiger partial charge in [-0.1, -0.05) is 13.8 Å². The number of rotatable bonds is 4. The van der Waals surface area contributed by atoms with Crippen LogP contribution in [0.1, 0.15) is 33.1 Å². The van der Waals surface area contributed by atoms with Gasteiger partial charge in [-0.05, 0) is 24.7 Å². The zero-order chi connectivity index (χ0) is 11.4. The van der Waals surface area contributed by atoms with E-state index < -0.39 is 0 Å². The molecule has 1 aliphatic rings. The van der Waals surface area contributed by atoms with Gasteiger partial charge in [0.2, 0.25) is 0 Å². The van der Waals surface area contributed by atoms with Gasteiger partial charge in [-0.25, -0.2) is 0 Å². The van der Waals surface area contributed by atoms with Crippen LogP contribution in [0.4, 0.5) is 0 Å². The van der Waals surface area contributed by atoms with Crippen LogP contribution in [-0.2, 0) is 9.53 Å². The third kappa shape index (κ3) is 3.28. The molecule has 0 amide bonds. The van der Waals surface area contributed by atoms with Gasteiger partial charge in [-0.15, -0.1) is 0 Å². The minimum Gasteiger partial charge on any atom is -0.383 e. The van der Waals surface area contributed by atoms with Gasteiger partial charge >= 0.3 is 0 Å². The van der Waals surface area contributed by atoms with Gasteiger partial charge in [0.05, 0.1) is 6.61 Å². The van der Waals surface area contributed by atoms with E-state index in [1.165, 1.54) is 0 Å². The molecule has 0 aromatic rings. The summed E-state index contributed by atoms with van der Waals surface area (Å²) >= 11 is 0. The smallest absolute Gasteiger partial charge is 0.137 e. The van der Waals surface area contributed by atoms with Gasteiger partial charge in [0.1, 0.15) is 5.78 Å². The Bertz CT molecular complexity index is 216. The third-order valence-corrected chi connectivity index (χ3v) is 3.55. The van der Waals surface area contributed by atoms with Crippen molar-refractivity contribution in [1.82, 2.24) is 0 Å². The number of carbonyl (C=O) groups is 1. The van der Waals surface area contributed by atoms with E-state index in [-0.39, 0.29) is 12.0 Å². The van der Waals surface area contributed by atoms with Gasteiger partial charge in [-0.3, -0.25) is 4.79 Å². The lowest BCUT2D eigenvalue weighted by Crippen LogP contribution is -2.43. The number of ether oxygens (including phenoxy) is 1. The SMILES string of the molecule is COCC(N)C1CC(C(C)C)CCC1=O. The van der Waals surface area contributed by atoms with Crippen LogP contribution in [0.3, 0.4) is 0 Å². The highest BCUT2D eigenvalue weighted by molar-refractivity contribution is 5.82. The zero-order valence-electron chi connectivity index (χ0n) is 10.0. The number of methoxy groups -OCH3 is 1. The molecule has 0 aliphatic heterocycles. The monoisotopic (exact) mass is 213 g/mol. The van der Waals surface area contributed by atoms with E-state index in [0.717, 1.165) is 12.8 Å². The molecule has 1 aliphatic carbocycles. The summed E-state index contributed by atoms with van der Waals surface area (Å²) in [6.45, 7) is 4.93. The fourth-order valence-electron chi connectivity index (χ4n) is 2.42. The Balaban J connectivity index is 2.56. The summed E-state index contributed by atoms with van der Waals surface area (Å²) in [7, 11) is 1.63. The molecule has 0 bridgehead atoms. The normalized spacial score (nSPS) is 29.5. The van der Waals surface area contributed by atoms with Crippen LogP contribution in [0.2, 0.25) is 0 Å². The molecule has 3 atom stereocenters. The molecule has 0 spiro atoms. The van der Waals surface area contributed by atoms with E-state index >= 15 is 0 Å². The van der Waals surface area contributed by atoms with Crippen molar-refractivity contribution in [3.63, 3.8) is 0 Å². The van der Waals surface area contributed by atoms with Gasteiger partial charge in [0.25, 0.3) is 0 Å². The minimum absolute atomic E-state index is 0.0195. The molecule has 0 aromatic heterocycles. The molecule has 3 unspecified atom stereocenters. The van der Waals surface area contributed by atoms with Crippen molar-refractivity contribution >= 4 is 5.78 Å². The van der Waals surface area contributed by atoms with Crippen LogP contribution in [0.5, 0.6) is 0 Å². The second-order valence-corrected chi connectivity index (χ2v) is 4.97. The quantitative estimate of drug-likeness (QED) is 0.771. The average molecular weight is 213 g/mol. The first-order chi connectivity index (χ1) is 7.06. The Hall–Kier alpha value is -0.410. The summed E-state index contributed by atoms with van der Waals surface area (Å²) in [6, 6.07) is -0.121. The second-order valence-electron chi connectivity index (χ2n) is 4.97. The van der Waals surface area contributed by atoms with Crippen molar-refractivity contribution in [2.24, 2.45) is 23.5 Å². The summed E-state index contributed by atoms with van der Waals surface area (Å²) in [5, 5.41) is 0. The molecule has 0 saturated heterocycles. The first kappa shape index (κ1) is 12.7. The standard InChI is InChI=1S/C12H23NO2/c1-8(2)9-4-5-12(14)10(6-9)11(13)7-15-3/h8-11H,4-7,13H2,1-3H3. The number of carbonyl (C=O) groups excluding carboxylic acids is 1. The summed E-state index contributed by atoms with van der Waals surface area (Å²) < 4.78 is 5.02. The largest absolute Gasteiger partial charge is 0.383 e. The number of ketones is 1. The predicted octanol–water partition coefficient (Wildman–Crippen LogP) is 1.60. The third-order valence-electron chi connectivity index (χ3n) is 3.55. The van der Waals surface area contributed by atoms with Crippen LogP contribution in [0, 0.1) is 17.8 Å². The van der Waals surface area contributed by atoms with Crippen molar-refractivity contribution in [2.75, 3.05) is 13.7 Å². The highest BCUT2D eigenvalue weighted by Gasteiger charge is 2.33. The first-order valence-corrected chi connectivity index (χ1v) is 5.83. The number of nitrogens with two attached hydrogens (primary N) is 1. The first-order valence-electron chi connectivity index (χ1n) is 5.83. The lowest BCUT2D eigenvalue weighted by molar-refractivity contribution is -0.127. The van der Waals surface area contributed by atoms with E-state index in [1.54, 1.807) is 7.11 Å². The summed E-state index contributed by atoms with van der Waals surface area (Å²) in [6.07, 6.45) is 2.68. The number of Topliss-reactive ketones (excluding diaryl/α,β-unsaturated/α-hetero) is 1. The van der Waals surface area contributed by atoms with Crippen molar-refractivity contribution < 1.29 is 9.53 Å². The van der Waals surface area contributed by atoms with Gasteiger partial charge in [0.15, 0.2) is 0 Å². The van der Waals surface area contributed by atoms with E-state index in [9.17, 15) is 4.79 Å². The van der Waals surface area contributed by atoms with Gasteiger partial charge in [0, 0.05) is 25.5 Å². The second kappa shape index (κ2) is 5.61. The molecular weight excluding hydrogens is 190 g/mol. The van der Waals surface area contributed by atoms with Gasteiger partial charge in [-0.2, -0.15) is 0 Å². The maximum Gasteiger partial charge on any atom is 0.137 e. The lowest BCUT2D eigenvalue weighted by Gasteiger charge is -2.33. The van der Waals surface area contributed by atoms with Crippen molar-refractivity contribution in [3.8, 4) is 0 Å². The fourth-order valence-corrected chi connectivity index (χ4v) is 2.42. The van der Waals surface area contributed by atoms with Crippen LogP contribution in [-0.4, -0.2) is 25.5 Å². The van der Waals surface area contributed by atoms with Crippen LogP contribution >= 0.6 is 0 Å². The Kier molecular flexibility index (Phi) is 4.74. The van der Waals surface area contributed by atoms with Crippen molar-refractivity contribution in [1.29, 1.82) is 0 Å². The molecule has 0 radical (unpaired) electrons. The maximum atomic E-state index is 11.7. The fraction of sp³-hybridized carbons (Fsp3) is 0.917. The van der Waals surface area contributed by atoms with Crippen molar-refractivity contribution in [2.45, 2.75) is 39.2 Å². The van der Waals surface area contributed by atoms with E-state index in [2.05, 4.69) is 13.8 Å². The molecule has 2 N–H and O–H groups in total. The molecule has 1 saturated carbocycles. The molecule has 0 aromatic carbocycles.